The number of rotatable bonds is 15. The molecule has 4 N–H and O–H groups in total. The normalized spacial score (nSPS) is 20.6. The molecule has 0 radical (unpaired) electrons. The Kier molecular flexibility index (Phi) is 13.9. The average molecular weight is 940 g/mol. The van der Waals surface area contributed by atoms with E-state index in [1.807, 2.05) is 24.7 Å². The lowest BCUT2D eigenvalue weighted by Gasteiger charge is -2.43. The second-order valence-electron chi connectivity index (χ2n) is 20.0. The van der Waals surface area contributed by atoms with E-state index in [9.17, 15) is 0 Å². The van der Waals surface area contributed by atoms with E-state index in [2.05, 4.69) is 101 Å². The highest BCUT2D eigenvalue weighted by Gasteiger charge is 2.47. The molecular formula is C57H69ClF2N8. The van der Waals surface area contributed by atoms with Crippen LogP contribution < -0.4 is 21.3 Å². The highest BCUT2D eigenvalue weighted by molar-refractivity contribution is 6.34. The second-order valence-corrected chi connectivity index (χ2v) is 20.3. The Morgan fingerprint density at radius 3 is 2.41 bits per heavy atom. The van der Waals surface area contributed by atoms with Crippen LogP contribution in [0.25, 0.3) is 27.7 Å². The minimum atomic E-state index is -0.555. The molecule has 0 saturated carbocycles. The highest BCUT2D eigenvalue weighted by atomic mass is 35.5. The van der Waals surface area contributed by atoms with Crippen molar-refractivity contribution < 1.29 is 8.78 Å². The molecule has 358 valence electrons. The molecule has 2 atom stereocenters. The van der Waals surface area contributed by atoms with Crippen molar-refractivity contribution in [3.05, 3.63) is 160 Å². The van der Waals surface area contributed by atoms with Gasteiger partial charge in [0.2, 0.25) is 0 Å². The van der Waals surface area contributed by atoms with Gasteiger partial charge < -0.3 is 31.1 Å². The lowest BCUT2D eigenvalue weighted by atomic mass is 9.70. The number of allylic oxidation sites excluding steroid dienone is 1. The maximum absolute atomic E-state index is 16.6. The number of nitrogens with zero attached hydrogens (tertiary/aromatic N) is 5. The number of likely N-dealkylation sites (tertiary alicyclic amines) is 2. The number of piperidine rings is 2. The Labute approximate surface area is 407 Å². The van der Waals surface area contributed by atoms with E-state index in [0.717, 1.165) is 117 Å². The molecular weight excluding hydrogens is 870 g/mol. The van der Waals surface area contributed by atoms with Crippen LogP contribution in [0.1, 0.15) is 110 Å². The lowest BCUT2D eigenvalue weighted by Crippen LogP contribution is -2.47. The molecule has 4 aliphatic rings. The third kappa shape index (κ3) is 9.00. The Bertz CT molecular complexity index is 2730. The van der Waals surface area contributed by atoms with Gasteiger partial charge in [0.1, 0.15) is 17.5 Å². The van der Waals surface area contributed by atoms with Crippen LogP contribution in [0.3, 0.4) is 0 Å². The van der Waals surface area contributed by atoms with Gasteiger partial charge in [-0.15, -0.1) is 0 Å². The predicted octanol–water partition coefficient (Wildman–Crippen LogP) is 11.7. The molecule has 0 amide bonds. The van der Waals surface area contributed by atoms with Gasteiger partial charge in [-0.1, -0.05) is 107 Å². The van der Waals surface area contributed by atoms with Gasteiger partial charge in [-0.25, -0.2) is 8.78 Å². The first-order valence-corrected chi connectivity index (χ1v) is 25.3. The minimum absolute atomic E-state index is 0.0784. The summed E-state index contributed by atoms with van der Waals surface area (Å²) in [6.45, 7) is 27.7. The summed E-state index contributed by atoms with van der Waals surface area (Å²) < 4.78 is 34.6. The molecule has 68 heavy (non-hydrogen) atoms. The summed E-state index contributed by atoms with van der Waals surface area (Å²) in [4.78, 5) is 7.42. The Balaban J connectivity index is 0.791. The topological polar surface area (TPSA) is 77.6 Å². The van der Waals surface area contributed by atoms with Crippen LogP contribution in [0.4, 0.5) is 14.6 Å². The molecule has 4 aromatic carbocycles. The van der Waals surface area contributed by atoms with E-state index in [4.69, 9.17) is 22.4 Å². The van der Waals surface area contributed by atoms with Crippen molar-refractivity contribution in [1.82, 2.24) is 30.2 Å². The van der Waals surface area contributed by atoms with E-state index in [-0.39, 0.29) is 22.2 Å². The molecule has 1 aliphatic carbocycles. The largest absolute Gasteiger partial charge is 0.399 e. The monoisotopic (exact) mass is 939 g/mol. The molecule has 3 saturated heterocycles. The SMILES string of the molecule is C=C1CCN(c2nn(C)c3cc(C4CCN(C5CCN(C(=C)CCCNCC6(c7ccccc7)Cc7cc(F)c(Cl)c(-c8c(C(=C)N)ccc(CCC)c8F)c7C6C)CC5)CC4)ccc23)C(=C)N1. The molecule has 2 unspecified atom stereocenters. The maximum atomic E-state index is 16.6. The predicted molar refractivity (Wildman–Crippen MR) is 278 cm³/mol. The van der Waals surface area contributed by atoms with Crippen molar-refractivity contribution in [2.45, 2.75) is 101 Å². The molecule has 11 heteroatoms. The van der Waals surface area contributed by atoms with Gasteiger partial charge in [0.25, 0.3) is 0 Å². The number of hydrogen-bond acceptors (Lipinski definition) is 7. The summed E-state index contributed by atoms with van der Waals surface area (Å²) in [6, 6.07) is 23.1. The van der Waals surface area contributed by atoms with Crippen molar-refractivity contribution >= 4 is 34.0 Å². The van der Waals surface area contributed by atoms with Gasteiger partial charge in [-0.2, -0.15) is 5.10 Å². The van der Waals surface area contributed by atoms with Gasteiger partial charge in [-0.05, 0) is 129 Å². The third-order valence-corrected chi connectivity index (χ3v) is 16.3. The van der Waals surface area contributed by atoms with E-state index in [1.165, 1.54) is 29.6 Å². The first kappa shape index (κ1) is 47.6. The molecule has 0 spiro atoms. The number of benzene rings is 4. The van der Waals surface area contributed by atoms with Crippen molar-refractivity contribution in [3.63, 3.8) is 0 Å². The first-order valence-electron chi connectivity index (χ1n) is 24.9. The fraction of sp³-hybridized carbons (Fsp3) is 0.421. The van der Waals surface area contributed by atoms with Gasteiger partial charge in [0.05, 0.1) is 10.5 Å². The van der Waals surface area contributed by atoms with Crippen LogP contribution in [0, 0.1) is 11.6 Å². The zero-order valence-corrected chi connectivity index (χ0v) is 41.1. The van der Waals surface area contributed by atoms with E-state index < -0.39 is 17.0 Å². The van der Waals surface area contributed by atoms with Gasteiger partial charge in [0, 0.05) is 90.3 Å². The molecule has 3 fully saturated rings. The van der Waals surface area contributed by atoms with E-state index >= 15 is 8.78 Å². The summed E-state index contributed by atoms with van der Waals surface area (Å²) in [5.41, 5.74) is 15.4. The van der Waals surface area contributed by atoms with Gasteiger partial charge in [-0.3, -0.25) is 4.68 Å². The van der Waals surface area contributed by atoms with Crippen LogP contribution in [-0.2, 0) is 25.3 Å². The van der Waals surface area contributed by atoms with Crippen LogP contribution in [0.2, 0.25) is 5.02 Å². The second kappa shape index (κ2) is 19.9. The fourth-order valence-corrected chi connectivity index (χ4v) is 12.3. The van der Waals surface area contributed by atoms with Crippen LogP contribution in [0.15, 0.2) is 110 Å². The molecule has 3 aliphatic heterocycles. The fourth-order valence-electron chi connectivity index (χ4n) is 12.1. The van der Waals surface area contributed by atoms with Gasteiger partial charge >= 0.3 is 0 Å². The standard InChI is InChI=1S/C57H69ClF2N8/c1-8-13-42-17-19-47(39(5)61)52(55(42)60)53-51-38(4)57(45-15-10-9-11-16-45,34-44(51)32-49(59)54(53)58)35-62-26-12-14-37(3)66-29-24-46(25-30-66)67-27-22-41(23-28-67)43-18-20-48-50(33-43)65(7)64-56(48)68-31-21-36(2)63-40(68)6/h9-11,15-20,32-33,38,41,46,62-63H,2-3,5-6,8,12-14,21-31,34-35,61H2,1,4,7H3. The zero-order chi connectivity index (χ0) is 47.9. The quantitative estimate of drug-likeness (QED) is 0.0903. The molecule has 9 rings (SSSR count). The summed E-state index contributed by atoms with van der Waals surface area (Å²) in [7, 11) is 2.04. The van der Waals surface area contributed by atoms with Crippen LogP contribution in [0.5, 0.6) is 0 Å². The Morgan fingerprint density at radius 2 is 1.71 bits per heavy atom. The van der Waals surface area contributed by atoms with Crippen molar-refractivity contribution in [1.29, 1.82) is 0 Å². The summed E-state index contributed by atoms with van der Waals surface area (Å²) in [5.74, 6) is 1.26. The molecule has 8 nitrogen and oxygen atoms in total. The maximum Gasteiger partial charge on any atom is 0.164 e. The summed E-state index contributed by atoms with van der Waals surface area (Å²) in [5, 5.41) is 13.1. The van der Waals surface area contributed by atoms with E-state index in [1.54, 1.807) is 18.2 Å². The minimum Gasteiger partial charge on any atom is -0.399 e. The van der Waals surface area contributed by atoms with Crippen molar-refractivity contribution in [2.24, 2.45) is 12.8 Å². The number of nitrogens with one attached hydrogen (secondary N) is 2. The number of anilines is 1. The number of halogens is 3. The van der Waals surface area contributed by atoms with Crippen molar-refractivity contribution in [2.75, 3.05) is 50.7 Å². The summed E-state index contributed by atoms with van der Waals surface area (Å²) in [6.07, 6.45) is 9.30. The van der Waals surface area contributed by atoms with E-state index in [0.29, 0.717) is 48.0 Å². The molecule has 1 aromatic heterocycles. The van der Waals surface area contributed by atoms with Crippen LogP contribution in [-0.4, -0.2) is 71.4 Å². The zero-order valence-electron chi connectivity index (χ0n) is 40.4. The molecule has 5 aromatic rings. The Morgan fingerprint density at radius 1 is 0.956 bits per heavy atom. The average Bonchev–Trinajstić information content (AvgIpc) is 3.82. The number of nitrogens with two attached hydrogens (primary N) is 1. The van der Waals surface area contributed by atoms with Crippen LogP contribution >= 0.6 is 11.6 Å². The number of hydrogen-bond donors (Lipinski definition) is 3. The smallest absolute Gasteiger partial charge is 0.164 e. The number of aromatic nitrogens is 2. The Hall–Kier alpha value is -5.42. The molecule has 0 bridgehead atoms. The lowest BCUT2D eigenvalue weighted by molar-refractivity contribution is 0.0977. The third-order valence-electron chi connectivity index (χ3n) is 15.9. The number of aryl methyl sites for hydroxylation is 2. The van der Waals surface area contributed by atoms with Crippen molar-refractivity contribution in [3.8, 4) is 11.1 Å². The summed E-state index contributed by atoms with van der Waals surface area (Å²) >= 11 is 6.90. The molecule has 4 heterocycles. The first-order chi connectivity index (χ1) is 32.8. The van der Waals surface area contributed by atoms with Gasteiger partial charge in [0.15, 0.2) is 5.82 Å². The highest BCUT2D eigenvalue weighted by Crippen LogP contribution is 2.55. The number of fused-ring (bicyclic) bond motifs is 2.